The highest BCUT2D eigenvalue weighted by Gasteiger charge is 2.68. The van der Waals surface area contributed by atoms with E-state index in [1.54, 1.807) is 0 Å². The first-order valence-electron chi connectivity index (χ1n) is 7.55. The van der Waals surface area contributed by atoms with Crippen LogP contribution in [0.25, 0.3) is 0 Å². The fourth-order valence-electron chi connectivity index (χ4n) is 2.77. The lowest BCUT2D eigenvalue weighted by Crippen LogP contribution is -2.55. The molecule has 6 nitrogen and oxygen atoms in total. The van der Waals surface area contributed by atoms with Crippen molar-refractivity contribution in [1.29, 1.82) is 0 Å². The summed E-state index contributed by atoms with van der Waals surface area (Å²) in [4.78, 5) is 29.3. The van der Waals surface area contributed by atoms with Gasteiger partial charge >= 0.3 is 12.2 Å². The Morgan fingerprint density at radius 1 is 1.15 bits per heavy atom. The number of benzene rings is 1. The van der Waals surface area contributed by atoms with Crippen LogP contribution in [0.15, 0.2) is 48.7 Å². The van der Waals surface area contributed by atoms with Gasteiger partial charge in [0.15, 0.2) is 0 Å². The standard InChI is InChI=1S/C17H14F3N3O3/c1-26-13-8-7-11(9-21-13)10-23-14(24)16(17(18,19)20,22-15(23)25)12-5-3-2-4-6-12/h2-9H,10H2,1H3,(H,22,25). The Labute approximate surface area is 146 Å². The van der Waals surface area contributed by atoms with Crippen molar-refractivity contribution in [3.8, 4) is 5.88 Å². The van der Waals surface area contributed by atoms with Crippen LogP contribution in [-0.4, -0.2) is 35.1 Å². The van der Waals surface area contributed by atoms with E-state index < -0.39 is 23.7 Å². The molecule has 2 aromatic rings. The SMILES string of the molecule is COc1ccc(CN2C(=O)NC(c3ccccc3)(C(F)(F)F)C2=O)cn1. The molecule has 0 radical (unpaired) electrons. The van der Waals surface area contributed by atoms with Crippen LogP contribution >= 0.6 is 0 Å². The number of carbonyl (C=O) groups is 2. The van der Waals surface area contributed by atoms with Crippen LogP contribution in [0.3, 0.4) is 0 Å². The summed E-state index contributed by atoms with van der Waals surface area (Å²) >= 11 is 0. The van der Waals surface area contributed by atoms with E-state index in [4.69, 9.17) is 4.74 Å². The number of alkyl halides is 3. The second-order valence-electron chi connectivity index (χ2n) is 5.64. The van der Waals surface area contributed by atoms with Crippen molar-refractivity contribution in [2.24, 2.45) is 0 Å². The third kappa shape index (κ3) is 2.75. The van der Waals surface area contributed by atoms with Crippen molar-refractivity contribution in [2.45, 2.75) is 18.3 Å². The first kappa shape index (κ1) is 17.7. The van der Waals surface area contributed by atoms with Crippen LogP contribution in [0.5, 0.6) is 5.88 Å². The number of halogens is 3. The van der Waals surface area contributed by atoms with Crippen LogP contribution in [-0.2, 0) is 16.9 Å². The number of rotatable bonds is 4. The molecule has 9 heteroatoms. The van der Waals surface area contributed by atoms with Crippen molar-refractivity contribution in [1.82, 2.24) is 15.2 Å². The van der Waals surface area contributed by atoms with Gasteiger partial charge in [-0.1, -0.05) is 36.4 Å². The summed E-state index contributed by atoms with van der Waals surface area (Å²) in [6, 6.07) is 8.47. The van der Waals surface area contributed by atoms with Gasteiger partial charge in [0.1, 0.15) is 0 Å². The average molecular weight is 365 g/mol. The number of hydrogen-bond acceptors (Lipinski definition) is 4. The molecule has 0 spiro atoms. The van der Waals surface area contributed by atoms with Crippen molar-refractivity contribution in [2.75, 3.05) is 7.11 Å². The number of hydrogen-bond donors (Lipinski definition) is 1. The molecule has 1 unspecified atom stereocenters. The van der Waals surface area contributed by atoms with Crippen molar-refractivity contribution in [3.63, 3.8) is 0 Å². The molecule has 0 saturated carbocycles. The van der Waals surface area contributed by atoms with Gasteiger partial charge in [0.2, 0.25) is 11.4 Å². The number of amides is 3. The normalized spacial score (nSPS) is 20.2. The molecule has 1 aliphatic heterocycles. The highest BCUT2D eigenvalue weighted by Crippen LogP contribution is 2.43. The second-order valence-corrected chi connectivity index (χ2v) is 5.64. The number of urea groups is 1. The molecule has 0 aliphatic carbocycles. The molecule has 1 aliphatic rings. The van der Waals surface area contributed by atoms with E-state index >= 15 is 0 Å². The van der Waals surface area contributed by atoms with Crippen molar-refractivity contribution in [3.05, 3.63) is 59.8 Å². The van der Waals surface area contributed by atoms with Crippen LogP contribution in [0, 0.1) is 0 Å². The Bertz CT molecular complexity index is 825. The fraction of sp³-hybridized carbons (Fsp3) is 0.235. The summed E-state index contributed by atoms with van der Waals surface area (Å²) < 4.78 is 46.4. The van der Waals surface area contributed by atoms with Gasteiger partial charge in [-0.05, 0) is 11.1 Å². The van der Waals surface area contributed by atoms with Crippen LogP contribution in [0.2, 0.25) is 0 Å². The van der Waals surface area contributed by atoms with Gasteiger partial charge in [-0.25, -0.2) is 9.78 Å². The maximum Gasteiger partial charge on any atom is 0.425 e. The molecule has 0 bridgehead atoms. The Morgan fingerprint density at radius 2 is 1.85 bits per heavy atom. The largest absolute Gasteiger partial charge is 0.481 e. The summed E-state index contributed by atoms with van der Waals surface area (Å²) in [7, 11) is 1.41. The zero-order valence-corrected chi connectivity index (χ0v) is 13.6. The molecule has 26 heavy (non-hydrogen) atoms. The lowest BCUT2D eigenvalue weighted by molar-refractivity contribution is -0.198. The Morgan fingerprint density at radius 3 is 2.38 bits per heavy atom. The summed E-state index contributed by atoms with van der Waals surface area (Å²) in [6.07, 6.45) is -3.68. The fourth-order valence-corrected chi connectivity index (χ4v) is 2.77. The van der Waals surface area contributed by atoms with E-state index in [1.807, 2.05) is 5.32 Å². The van der Waals surface area contributed by atoms with E-state index in [9.17, 15) is 22.8 Å². The second kappa shape index (κ2) is 6.32. The molecule has 1 atom stereocenters. The number of imide groups is 1. The van der Waals surface area contributed by atoms with E-state index in [0.29, 0.717) is 16.3 Å². The third-order valence-corrected chi connectivity index (χ3v) is 4.08. The molecule has 3 rings (SSSR count). The summed E-state index contributed by atoms with van der Waals surface area (Å²) in [5, 5.41) is 1.83. The summed E-state index contributed by atoms with van der Waals surface area (Å²) in [6.45, 7) is -0.341. The molecule has 1 aromatic heterocycles. The van der Waals surface area contributed by atoms with Gasteiger partial charge < -0.3 is 10.1 Å². The molecule has 3 amide bonds. The summed E-state index contributed by atoms with van der Waals surface area (Å²) in [5.41, 5.74) is -3.06. The predicted molar refractivity (Wildman–Crippen MR) is 84.0 cm³/mol. The summed E-state index contributed by atoms with van der Waals surface area (Å²) in [5.74, 6) is -1.07. The van der Waals surface area contributed by atoms with E-state index in [1.165, 1.54) is 43.6 Å². The molecular weight excluding hydrogens is 351 g/mol. The topological polar surface area (TPSA) is 71.5 Å². The van der Waals surface area contributed by atoms with Gasteiger partial charge in [0.05, 0.1) is 13.7 Å². The minimum absolute atomic E-state index is 0.305. The number of nitrogens with zero attached hydrogens (tertiary/aromatic N) is 2. The molecule has 2 heterocycles. The van der Waals surface area contributed by atoms with Crippen molar-refractivity contribution >= 4 is 11.9 Å². The third-order valence-electron chi connectivity index (χ3n) is 4.08. The zero-order valence-electron chi connectivity index (χ0n) is 13.6. The molecule has 1 aromatic carbocycles. The molecule has 1 N–H and O–H groups in total. The number of carbonyl (C=O) groups excluding carboxylic acids is 2. The number of ether oxygens (including phenoxy) is 1. The molecule has 1 fully saturated rings. The van der Waals surface area contributed by atoms with E-state index in [2.05, 4.69) is 4.98 Å². The predicted octanol–water partition coefficient (Wildman–Crippen LogP) is 2.60. The van der Waals surface area contributed by atoms with Gasteiger partial charge in [-0.3, -0.25) is 9.69 Å². The minimum atomic E-state index is -5.01. The van der Waals surface area contributed by atoms with E-state index in [-0.39, 0.29) is 12.1 Å². The number of aromatic nitrogens is 1. The minimum Gasteiger partial charge on any atom is -0.481 e. The Kier molecular flexibility index (Phi) is 4.31. The van der Waals surface area contributed by atoms with Gasteiger partial charge in [-0.15, -0.1) is 0 Å². The highest BCUT2D eigenvalue weighted by atomic mass is 19.4. The number of pyridine rings is 1. The number of methoxy groups -OCH3 is 1. The molecule has 136 valence electrons. The zero-order chi connectivity index (χ0) is 18.9. The first-order chi connectivity index (χ1) is 12.3. The lowest BCUT2D eigenvalue weighted by Gasteiger charge is -2.29. The monoisotopic (exact) mass is 365 g/mol. The van der Waals surface area contributed by atoms with E-state index in [0.717, 1.165) is 12.1 Å². The quantitative estimate of drug-likeness (QED) is 0.846. The average Bonchev–Trinajstić information content (AvgIpc) is 2.88. The smallest absolute Gasteiger partial charge is 0.425 e. The number of nitrogens with one attached hydrogen (secondary N) is 1. The van der Waals surface area contributed by atoms with Crippen molar-refractivity contribution < 1.29 is 27.5 Å². The Hall–Kier alpha value is -3.10. The van der Waals surface area contributed by atoms with Gasteiger partial charge in [-0.2, -0.15) is 13.2 Å². The molecule has 1 saturated heterocycles. The lowest BCUT2D eigenvalue weighted by atomic mass is 9.89. The highest BCUT2D eigenvalue weighted by molar-refractivity contribution is 6.08. The molecular formula is C17H14F3N3O3. The maximum atomic E-state index is 13.8. The maximum absolute atomic E-state index is 13.8. The Balaban J connectivity index is 1.97. The van der Waals surface area contributed by atoms with Crippen LogP contribution in [0.4, 0.5) is 18.0 Å². The van der Waals surface area contributed by atoms with Gasteiger partial charge in [0, 0.05) is 12.3 Å². The first-order valence-corrected chi connectivity index (χ1v) is 7.55. The van der Waals surface area contributed by atoms with Gasteiger partial charge in [0.25, 0.3) is 5.91 Å². The van der Waals surface area contributed by atoms with Crippen LogP contribution < -0.4 is 10.1 Å². The van der Waals surface area contributed by atoms with Crippen LogP contribution in [0.1, 0.15) is 11.1 Å².